The van der Waals surface area contributed by atoms with E-state index in [0.717, 1.165) is 48.6 Å². The molecule has 0 radical (unpaired) electrons. The average molecular weight is 353 g/mol. The molecule has 0 saturated heterocycles. The summed E-state index contributed by atoms with van der Waals surface area (Å²) < 4.78 is 18.5. The number of rotatable bonds is 4. The third-order valence-electron chi connectivity index (χ3n) is 4.66. The van der Waals surface area contributed by atoms with Gasteiger partial charge in [0.05, 0.1) is 18.5 Å². The van der Waals surface area contributed by atoms with Crippen molar-refractivity contribution >= 4 is 0 Å². The molecule has 134 valence electrons. The molecule has 4 rings (SSSR count). The van der Waals surface area contributed by atoms with Gasteiger partial charge >= 0.3 is 0 Å². The number of ether oxygens (including phenoxy) is 1. The van der Waals surface area contributed by atoms with E-state index in [4.69, 9.17) is 4.74 Å². The fraction of sp³-hybridized carbons (Fsp3) is 0.250. The van der Waals surface area contributed by atoms with Gasteiger partial charge < -0.3 is 14.8 Å². The third-order valence-corrected chi connectivity index (χ3v) is 4.66. The first-order valence-electron chi connectivity index (χ1n) is 8.54. The Balaban J connectivity index is 1.50. The SMILES string of the molecule is COc1ccc(CN2CCc3nc(-c4cccc(F)c4)[nH]c3C2)cc1O. The number of aromatic hydroxyl groups is 1. The van der Waals surface area contributed by atoms with E-state index in [1.165, 1.54) is 19.2 Å². The molecule has 0 bridgehead atoms. The monoisotopic (exact) mass is 353 g/mol. The number of fused-ring (bicyclic) bond motifs is 1. The molecule has 3 aromatic rings. The highest BCUT2D eigenvalue weighted by Gasteiger charge is 2.21. The number of imidazole rings is 1. The second-order valence-electron chi connectivity index (χ2n) is 6.49. The smallest absolute Gasteiger partial charge is 0.160 e. The van der Waals surface area contributed by atoms with Gasteiger partial charge in [0.1, 0.15) is 11.6 Å². The van der Waals surface area contributed by atoms with E-state index in [0.29, 0.717) is 11.6 Å². The Kier molecular flexibility index (Phi) is 4.34. The van der Waals surface area contributed by atoms with Gasteiger partial charge in [-0.1, -0.05) is 18.2 Å². The standard InChI is InChI=1S/C20H20FN3O2/c1-26-19-6-5-13(9-18(19)25)11-24-8-7-16-17(12-24)23-20(22-16)14-3-2-4-15(21)10-14/h2-6,9-10,25H,7-8,11-12H2,1H3,(H,22,23). The van der Waals surface area contributed by atoms with Crippen molar-refractivity contribution < 1.29 is 14.2 Å². The molecule has 1 aromatic heterocycles. The van der Waals surface area contributed by atoms with Crippen LogP contribution < -0.4 is 4.74 Å². The maximum Gasteiger partial charge on any atom is 0.160 e. The number of methoxy groups -OCH3 is 1. The van der Waals surface area contributed by atoms with Gasteiger partial charge in [-0.3, -0.25) is 4.90 Å². The van der Waals surface area contributed by atoms with Crippen LogP contribution in [0.1, 0.15) is 17.0 Å². The maximum atomic E-state index is 13.4. The fourth-order valence-electron chi connectivity index (χ4n) is 3.35. The van der Waals surface area contributed by atoms with E-state index >= 15 is 0 Å². The number of nitrogens with zero attached hydrogens (tertiary/aromatic N) is 2. The van der Waals surface area contributed by atoms with Crippen molar-refractivity contribution in [2.45, 2.75) is 19.5 Å². The Hall–Kier alpha value is -2.86. The Bertz CT molecular complexity index is 939. The van der Waals surface area contributed by atoms with E-state index in [-0.39, 0.29) is 11.6 Å². The molecular formula is C20H20FN3O2. The number of halogens is 1. The average Bonchev–Trinajstić information content (AvgIpc) is 3.05. The number of nitrogens with one attached hydrogen (secondary N) is 1. The first-order chi connectivity index (χ1) is 12.6. The molecule has 26 heavy (non-hydrogen) atoms. The van der Waals surface area contributed by atoms with Crippen LogP contribution in [0.4, 0.5) is 4.39 Å². The van der Waals surface area contributed by atoms with E-state index in [9.17, 15) is 9.50 Å². The van der Waals surface area contributed by atoms with Crippen molar-refractivity contribution in [3.8, 4) is 22.9 Å². The van der Waals surface area contributed by atoms with Crippen LogP contribution in [0.5, 0.6) is 11.5 Å². The molecule has 0 spiro atoms. The van der Waals surface area contributed by atoms with E-state index in [1.54, 1.807) is 18.2 Å². The van der Waals surface area contributed by atoms with E-state index in [2.05, 4.69) is 14.9 Å². The van der Waals surface area contributed by atoms with Crippen molar-refractivity contribution in [3.63, 3.8) is 0 Å². The summed E-state index contributed by atoms with van der Waals surface area (Å²) in [6.45, 7) is 2.35. The van der Waals surface area contributed by atoms with Gasteiger partial charge in [-0.25, -0.2) is 9.37 Å². The summed E-state index contributed by atoms with van der Waals surface area (Å²) in [5.41, 5.74) is 3.88. The number of phenols is 1. The van der Waals surface area contributed by atoms with Crippen LogP contribution in [0.3, 0.4) is 0 Å². The normalized spacial score (nSPS) is 14.2. The van der Waals surface area contributed by atoms with Crippen LogP contribution in [-0.4, -0.2) is 33.6 Å². The predicted molar refractivity (Wildman–Crippen MR) is 96.5 cm³/mol. The lowest BCUT2D eigenvalue weighted by Crippen LogP contribution is -2.30. The quantitative estimate of drug-likeness (QED) is 0.754. The van der Waals surface area contributed by atoms with Crippen molar-refractivity contribution in [2.24, 2.45) is 0 Å². The number of hydrogen-bond donors (Lipinski definition) is 2. The summed E-state index contributed by atoms with van der Waals surface area (Å²) in [7, 11) is 1.54. The second-order valence-corrected chi connectivity index (χ2v) is 6.49. The molecule has 2 aromatic carbocycles. The van der Waals surface area contributed by atoms with Gasteiger partial charge in [-0.15, -0.1) is 0 Å². The zero-order chi connectivity index (χ0) is 18.1. The fourth-order valence-corrected chi connectivity index (χ4v) is 3.35. The highest BCUT2D eigenvalue weighted by molar-refractivity contribution is 5.56. The molecule has 1 aliphatic heterocycles. The number of phenolic OH excluding ortho intramolecular Hbond substituents is 1. The first kappa shape index (κ1) is 16.6. The lowest BCUT2D eigenvalue weighted by molar-refractivity contribution is 0.241. The van der Waals surface area contributed by atoms with Gasteiger partial charge in [-0.05, 0) is 29.8 Å². The summed E-state index contributed by atoms with van der Waals surface area (Å²) >= 11 is 0. The van der Waals surface area contributed by atoms with Gasteiger partial charge in [0.2, 0.25) is 0 Å². The molecule has 0 unspecified atom stereocenters. The number of aromatic nitrogens is 2. The molecule has 0 aliphatic carbocycles. The van der Waals surface area contributed by atoms with Crippen molar-refractivity contribution in [1.29, 1.82) is 0 Å². The van der Waals surface area contributed by atoms with Gasteiger partial charge in [0.15, 0.2) is 11.5 Å². The second kappa shape index (κ2) is 6.80. The zero-order valence-corrected chi connectivity index (χ0v) is 14.5. The van der Waals surface area contributed by atoms with Crippen LogP contribution in [0.25, 0.3) is 11.4 Å². The largest absolute Gasteiger partial charge is 0.504 e. The van der Waals surface area contributed by atoms with Crippen LogP contribution in [0.2, 0.25) is 0 Å². The first-order valence-corrected chi connectivity index (χ1v) is 8.54. The molecule has 0 saturated carbocycles. The minimum absolute atomic E-state index is 0.151. The molecule has 2 N–H and O–H groups in total. The topological polar surface area (TPSA) is 61.4 Å². The van der Waals surface area contributed by atoms with Crippen molar-refractivity contribution in [3.05, 3.63) is 65.2 Å². The minimum Gasteiger partial charge on any atom is -0.504 e. The van der Waals surface area contributed by atoms with Crippen LogP contribution in [0, 0.1) is 5.82 Å². The summed E-state index contributed by atoms with van der Waals surface area (Å²) in [5.74, 6) is 1.07. The Morgan fingerprint density at radius 3 is 2.92 bits per heavy atom. The summed E-state index contributed by atoms with van der Waals surface area (Å²) in [6, 6.07) is 11.9. The summed E-state index contributed by atoms with van der Waals surface area (Å²) in [6.07, 6.45) is 0.837. The van der Waals surface area contributed by atoms with Gasteiger partial charge in [-0.2, -0.15) is 0 Å². The molecule has 6 heteroatoms. The van der Waals surface area contributed by atoms with Crippen LogP contribution >= 0.6 is 0 Å². The number of benzene rings is 2. The van der Waals surface area contributed by atoms with E-state index in [1.807, 2.05) is 12.1 Å². The van der Waals surface area contributed by atoms with Gasteiger partial charge in [0, 0.05) is 31.6 Å². The van der Waals surface area contributed by atoms with Crippen LogP contribution in [-0.2, 0) is 19.5 Å². The Morgan fingerprint density at radius 2 is 2.15 bits per heavy atom. The molecule has 0 atom stereocenters. The molecule has 5 nitrogen and oxygen atoms in total. The zero-order valence-electron chi connectivity index (χ0n) is 14.5. The molecule has 2 heterocycles. The lowest BCUT2D eigenvalue weighted by atomic mass is 10.1. The third kappa shape index (κ3) is 3.28. The van der Waals surface area contributed by atoms with Gasteiger partial charge in [0.25, 0.3) is 0 Å². The van der Waals surface area contributed by atoms with Crippen molar-refractivity contribution in [1.82, 2.24) is 14.9 Å². The number of H-pyrrole nitrogens is 1. The highest BCUT2D eigenvalue weighted by Crippen LogP contribution is 2.28. The summed E-state index contributed by atoms with van der Waals surface area (Å²) in [5, 5.41) is 9.94. The minimum atomic E-state index is -0.266. The predicted octanol–water partition coefficient (Wildman–Crippen LogP) is 3.49. The van der Waals surface area contributed by atoms with E-state index < -0.39 is 0 Å². The Morgan fingerprint density at radius 1 is 1.27 bits per heavy atom. The lowest BCUT2D eigenvalue weighted by Gasteiger charge is -2.26. The molecular weight excluding hydrogens is 333 g/mol. The molecule has 1 aliphatic rings. The van der Waals surface area contributed by atoms with Crippen molar-refractivity contribution in [2.75, 3.05) is 13.7 Å². The molecule has 0 amide bonds. The number of hydrogen-bond acceptors (Lipinski definition) is 4. The Labute approximate surface area is 151 Å². The highest BCUT2D eigenvalue weighted by atomic mass is 19.1. The maximum absolute atomic E-state index is 13.4. The molecule has 0 fully saturated rings. The van der Waals surface area contributed by atoms with Crippen LogP contribution in [0.15, 0.2) is 42.5 Å². The number of aromatic amines is 1. The summed E-state index contributed by atoms with van der Waals surface area (Å²) in [4.78, 5) is 10.3.